The molecule has 1 aliphatic rings. The Morgan fingerprint density at radius 2 is 2.33 bits per heavy atom. The molecule has 0 aliphatic heterocycles. The summed E-state index contributed by atoms with van der Waals surface area (Å²) in [4.78, 5) is 4.39. The molecule has 1 saturated carbocycles. The van der Waals surface area contributed by atoms with Crippen LogP contribution in [-0.4, -0.2) is 15.6 Å². The van der Waals surface area contributed by atoms with Gasteiger partial charge in [0.05, 0.1) is 12.0 Å². The van der Waals surface area contributed by atoms with Crippen LogP contribution in [0.3, 0.4) is 0 Å². The molecule has 0 unspecified atom stereocenters. The highest BCUT2D eigenvalue weighted by molar-refractivity contribution is 4.97. The zero-order valence-corrected chi connectivity index (χ0v) is 9.74. The third-order valence-corrected chi connectivity index (χ3v) is 2.80. The molecule has 0 atom stereocenters. The zero-order chi connectivity index (χ0) is 10.7. The van der Waals surface area contributed by atoms with Crippen molar-refractivity contribution in [1.29, 1.82) is 0 Å². The van der Waals surface area contributed by atoms with Crippen molar-refractivity contribution in [3.8, 4) is 0 Å². The molecule has 1 aromatic rings. The Bertz CT molecular complexity index is 279. The van der Waals surface area contributed by atoms with Gasteiger partial charge in [0.15, 0.2) is 0 Å². The Balaban J connectivity index is 1.75. The molecule has 1 aromatic heterocycles. The van der Waals surface area contributed by atoms with Gasteiger partial charge in [-0.1, -0.05) is 13.8 Å². The van der Waals surface area contributed by atoms with Gasteiger partial charge in [-0.3, -0.25) is 0 Å². The van der Waals surface area contributed by atoms with Gasteiger partial charge < -0.3 is 9.88 Å². The molecule has 0 spiro atoms. The second-order valence-corrected chi connectivity index (χ2v) is 4.94. The molecule has 1 aliphatic carbocycles. The molecule has 3 heteroatoms. The van der Waals surface area contributed by atoms with E-state index in [4.69, 9.17) is 0 Å². The first-order valence-electron chi connectivity index (χ1n) is 5.98. The second kappa shape index (κ2) is 4.79. The minimum absolute atomic E-state index is 0.764. The summed E-state index contributed by atoms with van der Waals surface area (Å²) in [6, 6.07) is 0.769. The third-order valence-electron chi connectivity index (χ3n) is 2.80. The van der Waals surface area contributed by atoms with Crippen molar-refractivity contribution in [2.45, 2.75) is 52.2 Å². The number of hydrogen-bond acceptors (Lipinski definition) is 2. The minimum Gasteiger partial charge on any atom is -0.337 e. The van der Waals surface area contributed by atoms with E-state index < -0.39 is 0 Å². The first-order valence-corrected chi connectivity index (χ1v) is 5.98. The normalized spacial score (nSPS) is 16.2. The topological polar surface area (TPSA) is 29.9 Å². The van der Waals surface area contributed by atoms with E-state index in [0.29, 0.717) is 0 Å². The van der Waals surface area contributed by atoms with E-state index in [0.717, 1.165) is 25.0 Å². The van der Waals surface area contributed by atoms with E-state index >= 15 is 0 Å². The van der Waals surface area contributed by atoms with Crippen molar-refractivity contribution in [1.82, 2.24) is 14.9 Å². The zero-order valence-electron chi connectivity index (χ0n) is 9.74. The lowest BCUT2D eigenvalue weighted by atomic mass is 10.1. The Labute approximate surface area is 91.9 Å². The average Bonchev–Trinajstić information content (AvgIpc) is 2.92. The van der Waals surface area contributed by atoms with Crippen LogP contribution in [0.25, 0.3) is 0 Å². The maximum atomic E-state index is 4.39. The molecule has 3 nitrogen and oxygen atoms in total. The summed E-state index contributed by atoms with van der Waals surface area (Å²) < 4.78 is 2.20. The molecule has 84 valence electrons. The van der Waals surface area contributed by atoms with Crippen LogP contribution < -0.4 is 5.32 Å². The van der Waals surface area contributed by atoms with Gasteiger partial charge in [-0.15, -0.1) is 0 Å². The highest BCUT2D eigenvalue weighted by Gasteiger charge is 2.20. The third kappa shape index (κ3) is 3.67. The molecule has 1 N–H and O–H groups in total. The van der Waals surface area contributed by atoms with Gasteiger partial charge in [-0.2, -0.15) is 0 Å². The molecule has 0 radical (unpaired) electrons. The number of aromatic nitrogens is 2. The molecule has 1 fully saturated rings. The molecule has 0 bridgehead atoms. The van der Waals surface area contributed by atoms with Crippen LogP contribution >= 0.6 is 0 Å². The molecule has 1 heterocycles. The first-order chi connectivity index (χ1) is 7.24. The lowest BCUT2D eigenvalue weighted by molar-refractivity contribution is 0.515. The van der Waals surface area contributed by atoms with Crippen molar-refractivity contribution in [3.05, 3.63) is 18.2 Å². The van der Waals surface area contributed by atoms with Gasteiger partial charge >= 0.3 is 0 Å². The van der Waals surface area contributed by atoms with E-state index in [9.17, 15) is 0 Å². The van der Waals surface area contributed by atoms with Gasteiger partial charge in [-0.05, 0) is 25.2 Å². The molecular weight excluding hydrogens is 186 g/mol. The lowest BCUT2D eigenvalue weighted by Crippen LogP contribution is -2.15. The summed E-state index contributed by atoms with van der Waals surface area (Å²) in [7, 11) is 0. The quantitative estimate of drug-likeness (QED) is 0.775. The van der Waals surface area contributed by atoms with Crippen molar-refractivity contribution in [2.75, 3.05) is 0 Å². The van der Waals surface area contributed by atoms with Gasteiger partial charge in [0.1, 0.15) is 0 Å². The van der Waals surface area contributed by atoms with Crippen LogP contribution in [0.1, 0.15) is 38.8 Å². The summed E-state index contributed by atoms with van der Waals surface area (Å²) in [5.41, 5.74) is 1.17. The number of imidazole rings is 1. The maximum absolute atomic E-state index is 4.39. The Morgan fingerprint density at radius 1 is 1.53 bits per heavy atom. The maximum Gasteiger partial charge on any atom is 0.0949 e. The van der Waals surface area contributed by atoms with Crippen LogP contribution in [0.5, 0.6) is 0 Å². The van der Waals surface area contributed by atoms with E-state index in [-0.39, 0.29) is 0 Å². The molecular formula is C12H21N3. The molecule has 0 amide bonds. The fraction of sp³-hybridized carbons (Fsp3) is 0.750. The fourth-order valence-electron chi connectivity index (χ4n) is 1.56. The van der Waals surface area contributed by atoms with Crippen molar-refractivity contribution >= 4 is 0 Å². The Morgan fingerprint density at radius 3 is 3.00 bits per heavy atom. The highest BCUT2D eigenvalue weighted by atomic mass is 15.1. The van der Waals surface area contributed by atoms with Gasteiger partial charge in [-0.25, -0.2) is 4.98 Å². The van der Waals surface area contributed by atoms with E-state index in [1.807, 2.05) is 6.33 Å². The average molecular weight is 207 g/mol. The van der Waals surface area contributed by atoms with E-state index in [1.54, 1.807) is 0 Å². The number of nitrogens with one attached hydrogen (secondary N) is 1. The van der Waals surface area contributed by atoms with Crippen LogP contribution in [0.15, 0.2) is 12.5 Å². The summed E-state index contributed by atoms with van der Waals surface area (Å²) >= 11 is 0. The summed E-state index contributed by atoms with van der Waals surface area (Å²) in [5, 5.41) is 3.48. The van der Waals surface area contributed by atoms with Crippen molar-refractivity contribution in [3.63, 3.8) is 0 Å². The Hall–Kier alpha value is -0.830. The predicted octanol–water partition coefficient (Wildman–Crippen LogP) is 2.18. The predicted molar refractivity (Wildman–Crippen MR) is 61.5 cm³/mol. The fourth-order valence-corrected chi connectivity index (χ4v) is 1.56. The first kappa shape index (κ1) is 10.7. The van der Waals surface area contributed by atoms with Crippen LogP contribution in [0.2, 0.25) is 0 Å². The monoisotopic (exact) mass is 207 g/mol. The van der Waals surface area contributed by atoms with Gasteiger partial charge in [0, 0.05) is 25.3 Å². The van der Waals surface area contributed by atoms with E-state index in [2.05, 4.69) is 34.9 Å². The molecule has 15 heavy (non-hydrogen) atoms. The number of hydrogen-bond donors (Lipinski definition) is 1. The van der Waals surface area contributed by atoms with Crippen LogP contribution in [0.4, 0.5) is 0 Å². The highest BCUT2D eigenvalue weighted by Crippen LogP contribution is 2.19. The summed E-state index contributed by atoms with van der Waals surface area (Å²) in [6.45, 7) is 6.53. The second-order valence-electron chi connectivity index (χ2n) is 4.94. The van der Waals surface area contributed by atoms with Gasteiger partial charge in [0.25, 0.3) is 0 Å². The lowest BCUT2D eigenvalue weighted by Gasteiger charge is -2.04. The molecule has 2 rings (SSSR count). The number of aryl methyl sites for hydroxylation is 1. The summed E-state index contributed by atoms with van der Waals surface area (Å²) in [6.07, 6.45) is 8.03. The molecule has 0 saturated heterocycles. The molecule has 0 aromatic carbocycles. The number of nitrogens with zero attached hydrogens (tertiary/aromatic N) is 2. The van der Waals surface area contributed by atoms with Crippen LogP contribution in [0, 0.1) is 5.92 Å². The van der Waals surface area contributed by atoms with Crippen molar-refractivity contribution in [2.24, 2.45) is 5.92 Å². The van der Waals surface area contributed by atoms with Crippen LogP contribution in [-0.2, 0) is 13.1 Å². The summed E-state index contributed by atoms with van der Waals surface area (Å²) in [5.74, 6) is 0.764. The smallest absolute Gasteiger partial charge is 0.0949 e. The van der Waals surface area contributed by atoms with Crippen molar-refractivity contribution < 1.29 is 0 Å². The SMILES string of the molecule is CC(C)CCn1cnc(CNC2CC2)c1. The van der Waals surface area contributed by atoms with E-state index in [1.165, 1.54) is 25.0 Å². The largest absolute Gasteiger partial charge is 0.337 e. The Kier molecular flexibility index (Phi) is 3.41. The van der Waals surface area contributed by atoms with Gasteiger partial charge in [0.2, 0.25) is 0 Å². The number of rotatable bonds is 6. The minimum atomic E-state index is 0.764. The standard InChI is InChI=1S/C12H21N3/c1-10(2)5-6-15-8-12(14-9-15)7-13-11-3-4-11/h8-11,13H,3-7H2,1-2H3.